The zero-order valence-corrected chi connectivity index (χ0v) is 14.8. The molecule has 1 aromatic carbocycles. The van der Waals surface area contributed by atoms with Crippen LogP contribution in [-0.4, -0.2) is 61.2 Å². The largest absolute Gasteiger partial charge is 0.379 e. The summed E-state index contributed by atoms with van der Waals surface area (Å²) in [5, 5.41) is 0.667. The molecule has 0 unspecified atom stereocenters. The molecule has 0 N–H and O–H groups in total. The van der Waals surface area contributed by atoms with E-state index in [1.165, 1.54) is 5.56 Å². The number of benzene rings is 1. The van der Waals surface area contributed by atoms with Gasteiger partial charge in [0.1, 0.15) is 0 Å². The second-order valence-corrected chi connectivity index (χ2v) is 8.27. The molecule has 2 heterocycles. The lowest BCUT2D eigenvalue weighted by atomic mass is 9.97. The molecule has 0 saturated carbocycles. The Morgan fingerprint density at radius 2 is 1.86 bits per heavy atom. The Bertz CT molecular complexity index is 590. The van der Waals surface area contributed by atoms with Crippen molar-refractivity contribution in [2.75, 3.05) is 38.2 Å². The molecule has 0 aliphatic carbocycles. The van der Waals surface area contributed by atoms with Crippen molar-refractivity contribution in [2.24, 2.45) is 0 Å². The van der Waals surface area contributed by atoms with E-state index in [0.29, 0.717) is 38.2 Å². The van der Waals surface area contributed by atoms with E-state index in [0.717, 1.165) is 6.42 Å². The summed E-state index contributed by atoms with van der Waals surface area (Å²) in [4.78, 5) is 0. The van der Waals surface area contributed by atoms with E-state index >= 15 is 0 Å². The minimum absolute atomic E-state index is 0.0121. The van der Waals surface area contributed by atoms with Crippen LogP contribution in [0.3, 0.4) is 0 Å². The zero-order valence-electron chi connectivity index (χ0n) is 12.4. The standard InChI is InChI=1S/C15H21BrN2O3S/c16-11-15-10-14(13-4-2-1-3-5-13)12-18(15)22(19,20)17-6-8-21-9-7-17/h1-5,14-15H,6-12H2/t14-,15-/m0/s1. The Morgan fingerprint density at radius 1 is 1.18 bits per heavy atom. The first-order chi connectivity index (χ1) is 10.6. The number of halogens is 1. The van der Waals surface area contributed by atoms with Gasteiger partial charge in [-0.1, -0.05) is 46.3 Å². The molecule has 122 valence electrons. The second kappa shape index (κ2) is 6.97. The molecule has 0 amide bonds. The highest BCUT2D eigenvalue weighted by Gasteiger charge is 2.42. The normalized spacial score (nSPS) is 28.0. The summed E-state index contributed by atoms with van der Waals surface area (Å²) >= 11 is 3.48. The molecular formula is C15H21BrN2O3S. The van der Waals surface area contributed by atoms with Gasteiger partial charge >= 0.3 is 0 Å². The van der Waals surface area contributed by atoms with Gasteiger partial charge in [0.2, 0.25) is 0 Å². The lowest BCUT2D eigenvalue weighted by Gasteiger charge is -2.32. The van der Waals surface area contributed by atoms with Crippen molar-refractivity contribution in [3.05, 3.63) is 35.9 Å². The number of alkyl halides is 1. The van der Waals surface area contributed by atoms with Gasteiger partial charge in [0.05, 0.1) is 13.2 Å². The molecule has 2 atom stereocenters. The third kappa shape index (κ3) is 3.23. The Kier molecular flexibility index (Phi) is 5.19. The fourth-order valence-electron chi connectivity index (χ4n) is 3.20. The smallest absolute Gasteiger partial charge is 0.282 e. The molecule has 0 aromatic heterocycles. The van der Waals surface area contributed by atoms with Gasteiger partial charge in [0.15, 0.2) is 0 Å². The highest BCUT2D eigenvalue weighted by atomic mass is 79.9. The maximum absolute atomic E-state index is 12.9. The summed E-state index contributed by atoms with van der Waals surface area (Å²) in [6.45, 7) is 2.41. The first-order valence-electron chi connectivity index (χ1n) is 7.58. The predicted molar refractivity (Wildman–Crippen MR) is 89.4 cm³/mol. The van der Waals surface area contributed by atoms with Crippen LogP contribution in [0.25, 0.3) is 0 Å². The van der Waals surface area contributed by atoms with Crippen molar-refractivity contribution >= 4 is 26.1 Å². The molecule has 0 bridgehead atoms. The summed E-state index contributed by atoms with van der Waals surface area (Å²) in [6.07, 6.45) is 0.860. The van der Waals surface area contributed by atoms with Crippen LogP contribution in [0.2, 0.25) is 0 Å². The number of rotatable bonds is 4. The van der Waals surface area contributed by atoms with E-state index in [1.54, 1.807) is 8.61 Å². The topological polar surface area (TPSA) is 49.9 Å². The fourth-order valence-corrected chi connectivity index (χ4v) is 5.82. The Labute approximate surface area is 140 Å². The van der Waals surface area contributed by atoms with Gasteiger partial charge in [-0.05, 0) is 17.9 Å². The molecule has 3 rings (SSSR count). The van der Waals surface area contributed by atoms with Crippen LogP contribution in [0.5, 0.6) is 0 Å². The average Bonchev–Trinajstić information content (AvgIpc) is 3.02. The van der Waals surface area contributed by atoms with Crippen LogP contribution < -0.4 is 0 Å². The van der Waals surface area contributed by atoms with Gasteiger partial charge in [0, 0.05) is 31.0 Å². The van der Waals surface area contributed by atoms with E-state index in [1.807, 2.05) is 18.2 Å². The summed E-state index contributed by atoms with van der Waals surface area (Å²) in [6, 6.07) is 10.2. The second-order valence-electron chi connectivity index (χ2n) is 5.74. The number of ether oxygens (including phenoxy) is 1. The Morgan fingerprint density at radius 3 is 2.50 bits per heavy atom. The van der Waals surface area contributed by atoms with Gasteiger partial charge in [-0.3, -0.25) is 0 Å². The lowest BCUT2D eigenvalue weighted by molar-refractivity contribution is 0.0700. The summed E-state index contributed by atoms with van der Waals surface area (Å²) in [5.41, 5.74) is 1.22. The fraction of sp³-hybridized carbons (Fsp3) is 0.600. The molecule has 7 heteroatoms. The number of morpholine rings is 1. The third-order valence-electron chi connectivity index (χ3n) is 4.41. The van der Waals surface area contributed by atoms with E-state index < -0.39 is 10.2 Å². The minimum atomic E-state index is -3.41. The van der Waals surface area contributed by atoms with Gasteiger partial charge in [-0.15, -0.1) is 0 Å². The molecule has 2 aliphatic heterocycles. The summed E-state index contributed by atoms with van der Waals surface area (Å²) in [7, 11) is -3.41. The molecule has 22 heavy (non-hydrogen) atoms. The van der Waals surface area contributed by atoms with Crippen LogP contribution in [0.4, 0.5) is 0 Å². The van der Waals surface area contributed by atoms with Crippen LogP contribution in [-0.2, 0) is 14.9 Å². The van der Waals surface area contributed by atoms with Crippen molar-refractivity contribution < 1.29 is 13.2 Å². The number of hydrogen-bond donors (Lipinski definition) is 0. The number of hydrogen-bond acceptors (Lipinski definition) is 3. The van der Waals surface area contributed by atoms with E-state index in [2.05, 4.69) is 28.1 Å². The van der Waals surface area contributed by atoms with Crippen LogP contribution >= 0.6 is 15.9 Å². The minimum Gasteiger partial charge on any atom is -0.379 e. The van der Waals surface area contributed by atoms with Crippen molar-refractivity contribution in [2.45, 2.75) is 18.4 Å². The van der Waals surface area contributed by atoms with E-state index in [-0.39, 0.29) is 12.0 Å². The molecule has 5 nitrogen and oxygen atoms in total. The average molecular weight is 389 g/mol. The van der Waals surface area contributed by atoms with Gasteiger partial charge in [0.25, 0.3) is 10.2 Å². The molecule has 2 aliphatic rings. The monoisotopic (exact) mass is 388 g/mol. The zero-order chi connectivity index (χ0) is 15.6. The first-order valence-corrected chi connectivity index (χ1v) is 10.1. The van der Waals surface area contributed by atoms with Crippen LogP contribution in [0.15, 0.2) is 30.3 Å². The van der Waals surface area contributed by atoms with Gasteiger partial charge < -0.3 is 4.74 Å². The molecule has 2 fully saturated rings. The van der Waals surface area contributed by atoms with Crippen molar-refractivity contribution in [1.82, 2.24) is 8.61 Å². The molecule has 0 radical (unpaired) electrons. The maximum Gasteiger partial charge on any atom is 0.282 e. The van der Waals surface area contributed by atoms with Crippen LogP contribution in [0.1, 0.15) is 17.9 Å². The molecule has 0 spiro atoms. The maximum atomic E-state index is 12.9. The highest BCUT2D eigenvalue weighted by Crippen LogP contribution is 2.35. The first kappa shape index (κ1) is 16.4. The molecular weight excluding hydrogens is 368 g/mol. The molecule has 1 aromatic rings. The van der Waals surface area contributed by atoms with E-state index in [4.69, 9.17) is 4.74 Å². The van der Waals surface area contributed by atoms with Gasteiger partial charge in [-0.25, -0.2) is 0 Å². The third-order valence-corrected chi connectivity index (χ3v) is 7.21. The SMILES string of the molecule is O=S(=O)(N1CCOCC1)N1C[C@@H](c2ccccc2)C[C@H]1CBr. The van der Waals surface area contributed by atoms with Crippen molar-refractivity contribution in [3.63, 3.8) is 0 Å². The molecule has 2 saturated heterocycles. The Hall–Kier alpha value is -0.470. The predicted octanol–water partition coefficient (Wildman–Crippen LogP) is 1.82. The summed E-state index contributed by atoms with van der Waals surface area (Å²) in [5.74, 6) is 0.263. The number of nitrogens with zero attached hydrogens (tertiary/aromatic N) is 2. The van der Waals surface area contributed by atoms with Gasteiger partial charge in [-0.2, -0.15) is 17.0 Å². The van der Waals surface area contributed by atoms with Crippen molar-refractivity contribution in [1.29, 1.82) is 0 Å². The lowest BCUT2D eigenvalue weighted by Crippen LogP contribution is -2.50. The highest BCUT2D eigenvalue weighted by molar-refractivity contribution is 9.09. The van der Waals surface area contributed by atoms with E-state index in [9.17, 15) is 8.42 Å². The Balaban J connectivity index is 1.80. The van der Waals surface area contributed by atoms with Crippen molar-refractivity contribution in [3.8, 4) is 0 Å². The summed E-state index contributed by atoms with van der Waals surface area (Å²) < 4.78 is 34.3. The quantitative estimate of drug-likeness (QED) is 0.739. The van der Waals surface area contributed by atoms with Crippen LogP contribution in [0, 0.1) is 0 Å².